The van der Waals surface area contributed by atoms with Crippen molar-refractivity contribution in [3.63, 3.8) is 0 Å². The van der Waals surface area contributed by atoms with Crippen LogP contribution in [0.1, 0.15) is 44.6 Å². The van der Waals surface area contributed by atoms with E-state index in [0.717, 1.165) is 36.9 Å². The maximum atomic E-state index is 12.8. The highest BCUT2D eigenvalue weighted by Gasteiger charge is 2.42. The molecule has 5 heteroatoms. The molecule has 138 valence electrons. The summed E-state index contributed by atoms with van der Waals surface area (Å²) in [6.45, 7) is 2.28. The second-order valence-electron chi connectivity index (χ2n) is 7.84. The van der Waals surface area contributed by atoms with Crippen molar-refractivity contribution in [1.82, 2.24) is 0 Å². The van der Waals surface area contributed by atoms with Gasteiger partial charge in [-0.05, 0) is 50.7 Å². The van der Waals surface area contributed by atoms with Gasteiger partial charge in [0.25, 0.3) is 5.91 Å². The van der Waals surface area contributed by atoms with E-state index < -0.39 is 6.10 Å². The first-order chi connectivity index (χ1) is 12.5. The third-order valence-electron chi connectivity index (χ3n) is 6.18. The van der Waals surface area contributed by atoms with E-state index in [2.05, 4.69) is 0 Å². The van der Waals surface area contributed by atoms with Crippen LogP contribution in [-0.4, -0.2) is 30.3 Å². The zero-order chi connectivity index (χ0) is 18.3. The molecule has 2 saturated carbocycles. The molecule has 4 rings (SSSR count). The largest absolute Gasteiger partial charge is 0.452 e. The molecule has 2 aliphatic carbocycles. The molecule has 0 radical (unpaired) electrons. The quantitative estimate of drug-likeness (QED) is 0.782. The Bertz CT molecular complexity index is 727. The van der Waals surface area contributed by atoms with Crippen LogP contribution in [0.3, 0.4) is 0 Å². The van der Waals surface area contributed by atoms with Gasteiger partial charge in [0.15, 0.2) is 6.10 Å². The fourth-order valence-corrected chi connectivity index (χ4v) is 4.78. The second-order valence-corrected chi connectivity index (χ2v) is 7.84. The molecule has 26 heavy (non-hydrogen) atoms. The van der Waals surface area contributed by atoms with E-state index in [-0.39, 0.29) is 29.6 Å². The maximum absolute atomic E-state index is 12.8. The Morgan fingerprint density at radius 3 is 2.58 bits per heavy atom. The Hall–Kier alpha value is -2.17. The Kier molecular flexibility index (Phi) is 4.55. The van der Waals surface area contributed by atoms with E-state index in [4.69, 9.17) is 4.74 Å². The molecule has 1 amide bonds. The first-order valence-corrected chi connectivity index (χ1v) is 9.68. The number of anilines is 1. The van der Waals surface area contributed by atoms with Crippen molar-refractivity contribution in [2.75, 3.05) is 11.4 Å². The van der Waals surface area contributed by atoms with Gasteiger partial charge in [0.2, 0.25) is 0 Å². The molecule has 1 aliphatic heterocycles. The molecular weight excluding hydrogens is 330 g/mol. The summed E-state index contributed by atoms with van der Waals surface area (Å²) in [4.78, 5) is 39.3. The zero-order valence-electron chi connectivity index (χ0n) is 15.1. The van der Waals surface area contributed by atoms with Crippen molar-refractivity contribution in [2.45, 2.75) is 51.6 Å². The summed E-state index contributed by atoms with van der Waals surface area (Å²) in [5.41, 5.74) is 2.07. The first kappa shape index (κ1) is 17.3. The fourth-order valence-electron chi connectivity index (χ4n) is 4.78. The number of benzene rings is 1. The number of hydrogen-bond acceptors (Lipinski definition) is 4. The van der Waals surface area contributed by atoms with Gasteiger partial charge in [-0.2, -0.15) is 0 Å². The number of rotatable bonds is 3. The molecule has 0 spiro atoms. The highest BCUT2D eigenvalue weighted by atomic mass is 16.5. The Balaban J connectivity index is 1.39. The van der Waals surface area contributed by atoms with Gasteiger partial charge in [-0.15, -0.1) is 0 Å². The van der Waals surface area contributed by atoms with Gasteiger partial charge in [0, 0.05) is 24.1 Å². The maximum Gasteiger partial charge on any atom is 0.309 e. The minimum Gasteiger partial charge on any atom is -0.452 e. The minimum absolute atomic E-state index is 0.0107. The molecule has 0 N–H and O–H groups in total. The predicted octanol–water partition coefficient (Wildman–Crippen LogP) is 2.90. The van der Waals surface area contributed by atoms with Crippen LogP contribution in [-0.2, 0) is 25.5 Å². The smallest absolute Gasteiger partial charge is 0.309 e. The number of esters is 1. The third kappa shape index (κ3) is 3.04. The summed E-state index contributed by atoms with van der Waals surface area (Å²) in [6.07, 6.45) is 4.05. The van der Waals surface area contributed by atoms with Crippen LogP contribution in [0.4, 0.5) is 5.69 Å². The lowest BCUT2D eigenvalue weighted by Gasteiger charge is -2.36. The third-order valence-corrected chi connectivity index (χ3v) is 6.18. The van der Waals surface area contributed by atoms with Crippen LogP contribution in [0, 0.1) is 17.8 Å². The van der Waals surface area contributed by atoms with Crippen molar-refractivity contribution in [2.24, 2.45) is 17.8 Å². The van der Waals surface area contributed by atoms with Crippen LogP contribution in [0.5, 0.6) is 0 Å². The van der Waals surface area contributed by atoms with E-state index in [9.17, 15) is 14.4 Å². The average molecular weight is 355 g/mol. The van der Waals surface area contributed by atoms with Crippen LogP contribution in [0.2, 0.25) is 0 Å². The van der Waals surface area contributed by atoms with Crippen molar-refractivity contribution < 1.29 is 19.1 Å². The topological polar surface area (TPSA) is 63.7 Å². The normalized spacial score (nSPS) is 28.4. The average Bonchev–Trinajstić information content (AvgIpc) is 3.04. The van der Waals surface area contributed by atoms with Gasteiger partial charge >= 0.3 is 5.97 Å². The van der Waals surface area contributed by atoms with E-state index >= 15 is 0 Å². The molecule has 0 saturated heterocycles. The van der Waals surface area contributed by atoms with Gasteiger partial charge in [0.1, 0.15) is 5.78 Å². The summed E-state index contributed by atoms with van der Waals surface area (Å²) >= 11 is 0. The molecule has 4 atom stereocenters. The molecular formula is C21H25NO4. The lowest BCUT2D eigenvalue weighted by Crippen LogP contribution is -2.43. The Morgan fingerprint density at radius 2 is 1.85 bits per heavy atom. The van der Waals surface area contributed by atoms with Gasteiger partial charge < -0.3 is 9.64 Å². The van der Waals surface area contributed by atoms with Crippen LogP contribution < -0.4 is 4.90 Å². The van der Waals surface area contributed by atoms with Gasteiger partial charge in [-0.25, -0.2) is 0 Å². The van der Waals surface area contributed by atoms with Crippen molar-refractivity contribution in [3.05, 3.63) is 29.8 Å². The molecule has 5 nitrogen and oxygen atoms in total. The fraction of sp³-hybridized carbons (Fsp3) is 0.571. The number of nitrogens with zero attached hydrogens (tertiary/aromatic N) is 1. The first-order valence-electron chi connectivity index (χ1n) is 9.68. The summed E-state index contributed by atoms with van der Waals surface area (Å²) in [5, 5.41) is 0. The number of Topliss-reactive ketones (excluding diaryl/α,β-unsaturated/α-hetero) is 1. The standard InChI is InChI=1S/C21H25NO4/c1-13(20(24)22-10-9-14-5-2-3-8-18(14)22)26-21(25)17-11-15-6-4-7-16(12-17)19(15)23/h2-3,5,8,13,15-17H,4,6-7,9-12H2,1H3/t13-,15-,16+,17?/m1/s1. The van der Waals surface area contributed by atoms with Gasteiger partial charge in [-0.3, -0.25) is 14.4 Å². The van der Waals surface area contributed by atoms with Crippen LogP contribution >= 0.6 is 0 Å². The SMILES string of the molecule is C[C@@H](OC(=O)C1C[C@H]2CCC[C@@H](C1)C2=O)C(=O)N1CCc2ccccc21. The lowest BCUT2D eigenvalue weighted by molar-refractivity contribution is -0.161. The number of amides is 1. The molecule has 1 heterocycles. The summed E-state index contributed by atoms with van der Waals surface area (Å²) in [6, 6.07) is 7.84. The van der Waals surface area contributed by atoms with E-state index in [1.807, 2.05) is 24.3 Å². The number of ether oxygens (including phenoxy) is 1. The van der Waals surface area contributed by atoms with Crippen molar-refractivity contribution >= 4 is 23.3 Å². The van der Waals surface area contributed by atoms with Gasteiger partial charge in [0.05, 0.1) is 5.92 Å². The van der Waals surface area contributed by atoms with E-state index in [1.165, 1.54) is 0 Å². The summed E-state index contributed by atoms with van der Waals surface area (Å²) < 4.78 is 5.54. The second kappa shape index (κ2) is 6.86. The Labute approximate surface area is 153 Å². The monoisotopic (exact) mass is 355 g/mol. The van der Waals surface area contributed by atoms with E-state index in [1.54, 1.807) is 11.8 Å². The number of fused-ring (bicyclic) bond motifs is 3. The number of carbonyl (C=O) groups is 3. The molecule has 3 aliphatic rings. The van der Waals surface area contributed by atoms with Crippen molar-refractivity contribution in [3.8, 4) is 0 Å². The highest BCUT2D eigenvalue weighted by molar-refractivity contribution is 5.99. The molecule has 2 bridgehead atoms. The van der Waals surface area contributed by atoms with Gasteiger partial charge in [-0.1, -0.05) is 24.6 Å². The summed E-state index contributed by atoms with van der Waals surface area (Å²) in [5.74, 6) is -0.381. The predicted molar refractivity (Wildman–Crippen MR) is 96.6 cm³/mol. The molecule has 1 aromatic carbocycles. The lowest BCUT2D eigenvalue weighted by atomic mass is 9.67. The highest BCUT2D eigenvalue weighted by Crippen LogP contribution is 2.40. The zero-order valence-corrected chi connectivity index (χ0v) is 15.1. The molecule has 0 aromatic heterocycles. The van der Waals surface area contributed by atoms with Crippen LogP contribution in [0.25, 0.3) is 0 Å². The van der Waals surface area contributed by atoms with Crippen molar-refractivity contribution in [1.29, 1.82) is 0 Å². The molecule has 1 unspecified atom stereocenters. The Morgan fingerprint density at radius 1 is 1.15 bits per heavy atom. The number of ketones is 1. The van der Waals surface area contributed by atoms with Crippen LogP contribution in [0.15, 0.2) is 24.3 Å². The molecule has 1 aromatic rings. The number of para-hydroxylation sites is 1. The number of hydrogen-bond donors (Lipinski definition) is 0. The van der Waals surface area contributed by atoms with E-state index in [0.29, 0.717) is 25.2 Å². The minimum atomic E-state index is -0.800. The molecule has 2 fully saturated rings. The number of carbonyl (C=O) groups excluding carboxylic acids is 3. The summed E-state index contributed by atoms with van der Waals surface area (Å²) in [7, 11) is 0.